The van der Waals surface area contributed by atoms with Gasteiger partial charge < -0.3 is 0 Å². The van der Waals surface area contributed by atoms with Crippen LogP contribution in [0.5, 0.6) is 0 Å². The lowest BCUT2D eigenvalue weighted by atomic mass is 9.93. The Balaban J connectivity index is 1.53. The first-order chi connectivity index (χ1) is 13.2. The summed E-state index contributed by atoms with van der Waals surface area (Å²) >= 11 is 1.80. The van der Waals surface area contributed by atoms with E-state index in [2.05, 4.69) is 28.5 Å². The average molecular weight is 374 g/mol. The number of carbonyl (C=O) groups excluding carboxylic acids is 2. The summed E-state index contributed by atoms with van der Waals surface area (Å²) in [5.74, 6) is -0.839. The number of nitrogens with zero attached hydrogens (tertiary/aromatic N) is 2. The van der Waals surface area contributed by atoms with Gasteiger partial charge in [0.2, 0.25) is 0 Å². The molecule has 1 atom stereocenters. The van der Waals surface area contributed by atoms with E-state index < -0.39 is 11.7 Å². The molecule has 27 heavy (non-hydrogen) atoms. The molecule has 0 spiro atoms. The van der Waals surface area contributed by atoms with Crippen molar-refractivity contribution in [3.63, 3.8) is 0 Å². The Morgan fingerprint density at radius 2 is 1.74 bits per heavy atom. The zero-order valence-electron chi connectivity index (χ0n) is 14.7. The molecule has 0 N–H and O–H groups in total. The lowest BCUT2D eigenvalue weighted by Gasteiger charge is -2.38. The van der Waals surface area contributed by atoms with Gasteiger partial charge in [0, 0.05) is 11.4 Å². The molecule has 3 aromatic rings. The molecule has 1 amide bonds. The summed E-state index contributed by atoms with van der Waals surface area (Å²) < 4.78 is 0. The molecule has 0 saturated heterocycles. The number of ketones is 1. The van der Waals surface area contributed by atoms with E-state index in [-0.39, 0.29) is 6.04 Å². The van der Waals surface area contributed by atoms with Crippen molar-refractivity contribution >= 4 is 28.7 Å². The van der Waals surface area contributed by atoms with Crippen LogP contribution in [0.1, 0.15) is 32.4 Å². The highest BCUT2D eigenvalue weighted by atomic mass is 32.1. The van der Waals surface area contributed by atoms with Crippen molar-refractivity contribution in [1.82, 2.24) is 4.90 Å². The van der Waals surface area contributed by atoms with Crippen LogP contribution in [-0.4, -0.2) is 29.8 Å². The fraction of sp³-hybridized carbons (Fsp3) is 0.182. The Labute approximate surface area is 161 Å². The van der Waals surface area contributed by atoms with E-state index in [9.17, 15) is 9.59 Å². The van der Waals surface area contributed by atoms with Crippen LogP contribution in [0.3, 0.4) is 0 Å². The summed E-state index contributed by atoms with van der Waals surface area (Å²) in [6.45, 7) is 1.27. The number of anilines is 1. The van der Waals surface area contributed by atoms with Crippen LogP contribution in [0.15, 0.2) is 66.0 Å². The number of Topliss-reactive ketones (excluding diaryl/α,β-unsaturated/α-hetero) is 1. The van der Waals surface area contributed by atoms with Crippen LogP contribution < -0.4 is 4.90 Å². The van der Waals surface area contributed by atoms with Crippen LogP contribution in [0.4, 0.5) is 5.69 Å². The molecule has 3 heterocycles. The van der Waals surface area contributed by atoms with E-state index in [1.807, 2.05) is 30.3 Å². The zero-order valence-corrected chi connectivity index (χ0v) is 15.5. The van der Waals surface area contributed by atoms with E-state index in [1.165, 1.54) is 16.0 Å². The molecule has 5 rings (SSSR count). The summed E-state index contributed by atoms with van der Waals surface area (Å²) in [4.78, 5) is 30.3. The molecule has 0 fully saturated rings. The molecule has 0 radical (unpaired) electrons. The number of hydrogen-bond donors (Lipinski definition) is 0. The Hall–Kier alpha value is -2.76. The van der Waals surface area contributed by atoms with E-state index in [0.29, 0.717) is 12.2 Å². The minimum atomic E-state index is -0.431. The molecule has 2 aliphatic heterocycles. The Morgan fingerprint density at radius 3 is 2.59 bits per heavy atom. The smallest absolute Gasteiger partial charge is 0.291 e. The molecule has 0 saturated carbocycles. The Kier molecular flexibility index (Phi) is 3.92. The number of para-hydroxylation sites is 1. The molecule has 2 aromatic carbocycles. The minimum absolute atomic E-state index is 0.0943. The van der Waals surface area contributed by atoms with Crippen LogP contribution in [0.25, 0.3) is 0 Å². The van der Waals surface area contributed by atoms with Gasteiger partial charge in [-0.05, 0) is 41.1 Å². The summed E-state index contributed by atoms with van der Waals surface area (Å²) in [6, 6.07) is 19.9. The predicted octanol–water partition coefficient (Wildman–Crippen LogP) is 3.88. The average Bonchev–Trinajstić information content (AvgIpc) is 3.28. The molecule has 5 heteroatoms. The quantitative estimate of drug-likeness (QED) is 0.653. The van der Waals surface area contributed by atoms with E-state index in [1.54, 1.807) is 28.4 Å². The van der Waals surface area contributed by atoms with Gasteiger partial charge in [-0.15, -0.1) is 11.3 Å². The van der Waals surface area contributed by atoms with Crippen molar-refractivity contribution in [3.8, 4) is 0 Å². The highest BCUT2D eigenvalue weighted by Crippen LogP contribution is 2.39. The van der Waals surface area contributed by atoms with Crippen molar-refractivity contribution in [2.75, 3.05) is 18.1 Å². The van der Waals surface area contributed by atoms with Gasteiger partial charge in [0.05, 0.1) is 24.0 Å². The normalized spacial score (nSPS) is 19.3. The highest BCUT2D eigenvalue weighted by molar-refractivity contribution is 7.10. The first-order valence-corrected chi connectivity index (χ1v) is 9.92. The second-order valence-electron chi connectivity index (χ2n) is 6.90. The summed E-state index contributed by atoms with van der Waals surface area (Å²) in [5, 5.41) is 2.14. The highest BCUT2D eigenvalue weighted by Gasteiger charge is 2.38. The molecule has 0 unspecified atom stereocenters. The largest absolute Gasteiger partial charge is 0.300 e. The van der Waals surface area contributed by atoms with Crippen molar-refractivity contribution in [3.05, 3.63) is 87.6 Å². The maximum atomic E-state index is 12.6. The lowest BCUT2D eigenvalue weighted by molar-refractivity contribution is -0.114. The Morgan fingerprint density at radius 1 is 0.963 bits per heavy atom. The lowest BCUT2D eigenvalue weighted by Crippen LogP contribution is -2.45. The number of fused-ring (bicyclic) bond motifs is 2. The second-order valence-corrected chi connectivity index (χ2v) is 7.90. The van der Waals surface area contributed by atoms with Gasteiger partial charge in [0.25, 0.3) is 5.78 Å². The number of hydrogen-bond acceptors (Lipinski definition) is 4. The molecular weight excluding hydrogens is 356 g/mol. The number of rotatable bonds is 3. The fourth-order valence-corrected chi connectivity index (χ4v) is 5.02. The monoisotopic (exact) mass is 374 g/mol. The summed E-state index contributed by atoms with van der Waals surface area (Å²) in [6.07, 6.45) is 0.966. The van der Waals surface area contributed by atoms with Crippen LogP contribution >= 0.6 is 11.3 Å². The third-order valence-corrected chi connectivity index (χ3v) is 6.38. The molecule has 2 aliphatic rings. The van der Waals surface area contributed by atoms with Gasteiger partial charge in [-0.2, -0.15) is 0 Å². The van der Waals surface area contributed by atoms with Crippen molar-refractivity contribution in [2.24, 2.45) is 0 Å². The SMILES string of the molecule is O=C1C(=O)N(CN2CCc3sccc3[C@@H]2c2ccccc2)c2ccccc21. The second kappa shape index (κ2) is 6.44. The van der Waals surface area contributed by atoms with Crippen LogP contribution in [-0.2, 0) is 11.2 Å². The van der Waals surface area contributed by atoms with Crippen molar-refractivity contribution < 1.29 is 9.59 Å². The number of thiophene rings is 1. The summed E-state index contributed by atoms with van der Waals surface area (Å²) in [5.41, 5.74) is 3.74. The number of amides is 1. The topological polar surface area (TPSA) is 40.6 Å². The number of benzene rings is 2. The van der Waals surface area contributed by atoms with Gasteiger partial charge in [0.1, 0.15) is 0 Å². The first-order valence-electron chi connectivity index (χ1n) is 9.04. The number of carbonyl (C=O) groups is 2. The van der Waals surface area contributed by atoms with E-state index in [4.69, 9.17) is 0 Å². The van der Waals surface area contributed by atoms with Gasteiger partial charge in [-0.25, -0.2) is 0 Å². The fourth-order valence-electron chi connectivity index (χ4n) is 4.12. The molecule has 134 valence electrons. The first kappa shape index (κ1) is 16.4. The van der Waals surface area contributed by atoms with Crippen molar-refractivity contribution in [1.29, 1.82) is 0 Å². The Bertz CT molecular complexity index is 1030. The van der Waals surface area contributed by atoms with E-state index >= 15 is 0 Å². The third-order valence-electron chi connectivity index (χ3n) is 5.38. The third kappa shape index (κ3) is 2.62. The standard InChI is InChI=1S/C22H18N2O2S/c25-21-16-8-4-5-9-18(16)24(22(21)26)14-23-12-10-19-17(11-13-27-19)20(23)15-6-2-1-3-7-15/h1-9,11,13,20H,10,12,14H2/t20-/m0/s1. The molecule has 0 bridgehead atoms. The van der Waals surface area contributed by atoms with Crippen molar-refractivity contribution in [2.45, 2.75) is 12.5 Å². The molecular formula is C22H18N2O2S. The zero-order chi connectivity index (χ0) is 18.4. The minimum Gasteiger partial charge on any atom is -0.291 e. The molecule has 0 aliphatic carbocycles. The maximum absolute atomic E-state index is 12.6. The van der Waals surface area contributed by atoms with Gasteiger partial charge in [-0.1, -0.05) is 42.5 Å². The molecule has 1 aromatic heterocycles. The predicted molar refractivity (Wildman–Crippen MR) is 106 cm³/mol. The van der Waals surface area contributed by atoms with Crippen LogP contribution in [0, 0.1) is 0 Å². The van der Waals surface area contributed by atoms with Gasteiger partial charge in [-0.3, -0.25) is 19.4 Å². The maximum Gasteiger partial charge on any atom is 0.300 e. The van der Waals surface area contributed by atoms with Gasteiger partial charge in [0.15, 0.2) is 0 Å². The van der Waals surface area contributed by atoms with E-state index in [0.717, 1.165) is 18.7 Å². The molecule has 4 nitrogen and oxygen atoms in total. The van der Waals surface area contributed by atoms with Gasteiger partial charge >= 0.3 is 5.91 Å². The van der Waals surface area contributed by atoms with Crippen LogP contribution in [0.2, 0.25) is 0 Å². The summed E-state index contributed by atoms with van der Waals surface area (Å²) in [7, 11) is 0.